The van der Waals surface area contributed by atoms with Gasteiger partial charge in [0.25, 0.3) is 0 Å². The smallest absolute Gasteiger partial charge is 0.406 e. The Balaban J connectivity index is 0.000000255. The third-order valence-electron chi connectivity index (χ3n) is 3.37. The molecule has 2 rings (SSSR count). The Kier molecular flexibility index (Phi) is 8.43. The summed E-state index contributed by atoms with van der Waals surface area (Å²) in [6.45, 7) is 4.90. The van der Waals surface area contributed by atoms with Gasteiger partial charge in [0.1, 0.15) is 0 Å². The highest BCUT2D eigenvalue weighted by atomic mass is 16.5. The van der Waals surface area contributed by atoms with Crippen LogP contribution in [-0.4, -0.2) is 19.7 Å². The fourth-order valence-electron chi connectivity index (χ4n) is 1.86. The number of hydrogen-bond donors (Lipinski definition) is 1. The number of carbonyl (C=O) groups excluding carboxylic acids is 1. The van der Waals surface area contributed by atoms with Crippen molar-refractivity contribution >= 4 is 6.09 Å². The lowest BCUT2D eigenvalue weighted by Crippen LogP contribution is -2.24. The van der Waals surface area contributed by atoms with Gasteiger partial charge >= 0.3 is 6.09 Å². The fraction of sp³-hybridized carbons (Fsp3) is 0.316. The fourth-order valence-corrected chi connectivity index (χ4v) is 1.86. The van der Waals surface area contributed by atoms with Crippen LogP contribution in [0.3, 0.4) is 0 Å². The van der Waals surface area contributed by atoms with E-state index in [-0.39, 0.29) is 6.09 Å². The van der Waals surface area contributed by atoms with E-state index in [0.717, 1.165) is 12.8 Å². The van der Waals surface area contributed by atoms with Crippen molar-refractivity contribution in [3.8, 4) is 0 Å². The van der Waals surface area contributed by atoms with Crippen LogP contribution in [0.25, 0.3) is 0 Å². The molecule has 0 radical (unpaired) electrons. The lowest BCUT2D eigenvalue weighted by atomic mass is 10.1. The number of ether oxygens (including phenoxy) is 1. The summed E-state index contributed by atoms with van der Waals surface area (Å²) in [5.74, 6) is 0. The van der Waals surface area contributed by atoms with Crippen molar-refractivity contribution in [3.05, 3.63) is 71.3 Å². The molecule has 3 heteroatoms. The summed E-state index contributed by atoms with van der Waals surface area (Å²) in [5.41, 5.74) is 4.03. The van der Waals surface area contributed by atoms with Gasteiger partial charge in [-0.05, 0) is 43.4 Å². The van der Waals surface area contributed by atoms with E-state index in [4.69, 9.17) is 0 Å². The number of hydrogen-bond acceptors (Lipinski definition) is 2. The number of benzene rings is 2. The first kappa shape index (κ1) is 17.8. The molecule has 22 heavy (non-hydrogen) atoms. The molecule has 0 saturated heterocycles. The predicted octanol–water partition coefficient (Wildman–Crippen LogP) is 4.28. The molecule has 0 heterocycles. The zero-order chi connectivity index (χ0) is 16.2. The lowest BCUT2D eigenvalue weighted by Gasteiger charge is -2.03. The lowest BCUT2D eigenvalue weighted by molar-refractivity contribution is 0.171. The number of aryl methyl sites for hydroxylation is 3. The maximum Gasteiger partial charge on any atom is 0.406 e. The second-order valence-corrected chi connectivity index (χ2v) is 5.09. The molecule has 2 aromatic rings. The van der Waals surface area contributed by atoms with Crippen molar-refractivity contribution in [2.24, 2.45) is 0 Å². The molecule has 0 aliphatic heterocycles. The van der Waals surface area contributed by atoms with Crippen molar-refractivity contribution in [1.82, 2.24) is 5.32 Å². The molecule has 0 bridgehead atoms. The van der Waals surface area contributed by atoms with Crippen LogP contribution in [-0.2, 0) is 11.2 Å². The van der Waals surface area contributed by atoms with Crippen molar-refractivity contribution in [2.45, 2.75) is 26.7 Å². The molecular formula is C19H25NO2. The largest absolute Gasteiger partial charge is 0.453 e. The van der Waals surface area contributed by atoms with E-state index < -0.39 is 0 Å². The molecule has 0 saturated carbocycles. The van der Waals surface area contributed by atoms with E-state index in [0.29, 0.717) is 6.54 Å². The van der Waals surface area contributed by atoms with Crippen LogP contribution in [0.15, 0.2) is 54.6 Å². The van der Waals surface area contributed by atoms with Crippen molar-refractivity contribution in [2.75, 3.05) is 13.7 Å². The third kappa shape index (κ3) is 7.48. The molecule has 1 amide bonds. The molecule has 0 aliphatic carbocycles. The zero-order valence-corrected chi connectivity index (χ0v) is 13.6. The first-order chi connectivity index (χ1) is 10.6. The summed E-state index contributed by atoms with van der Waals surface area (Å²) in [4.78, 5) is 10.7. The van der Waals surface area contributed by atoms with Crippen LogP contribution in [0.5, 0.6) is 0 Å². The SMILES string of the molecule is COC(=O)NCCCc1ccccc1.Cc1ccccc1C. The molecule has 0 aliphatic rings. The minimum absolute atomic E-state index is 0.363. The summed E-state index contributed by atoms with van der Waals surface area (Å²) in [7, 11) is 1.37. The number of rotatable bonds is 4. The van der Waals surface area contributed by atoms with Gasteiger partial charge in [-0.25, -0.2) is 4.79 Å². The van der Waals surface area contributed by atoms with Gasteiger partial charge in [0.15, 0.2) is 0 Å². The maximum absolute atomic E-state index is 10.7. The van der Waals surface area contributed by atoms with E-state index >= 15 is 0 Å². The minimum Gasteiger partial charge on any atom is -0.453 e. The van der Waals surface area contributed by atoms with Gasteiger partial charge in [-0.2, -0.15) is 0 Å². The molecule has 1 N–H and O–H groups in total. The summed E-state index contributed by atoms with van der Waals surface area (Å²) < 4.78 is 4.45. The van der Waals surface area contributed by atoms with Crippen LogP contribution in [0.1, 0.15) is 23.1 Å². The Morgan fingerprint density at radius 3 is 2.00 bits per heavy atom. The molecule has 3 nitrogen and oxygen atoms in total. The zero-order valence-electron chi connectivity index (χ0n) is 13.6. The van der Waals surface area contributed by atoms with Gasteiger partial charge in [0.05, 0.1) is 7.11 Å². The summed E-state index contributed by atoms with van der Waals surface area (Å²) in [6.07, 6.45) is 1.54. The van der Waals surface area contributed by atoms with Crippen molar-refractivity contribution in [1.29, 1.82) is 0 Å². The van der Waals surface area contributed by atoms with Gasteiger partial charge < -0.3 is 10.1 Å². The molecule has 0 fully saturated rings. The molecule has 0 spiro atoms. The van der Waals surface area contributed by atoms with Gasteiger partial charge in [0, 0.05) is 6.54 Å². The second-order valence-electron chi connectivity index (χ2n) is 5.09. The number of alkyl carbamates (subject to hydrolysis) is 1. The van der Waals surface area contributed by atoms with Crippen LogP contribution >= 0.6 is 0 Å². The first-order valence-electron chi connectivity index (χ1n) is 7.51. The Labute approximate surface area is 133 Å². The van der Waals surface area contributed by atoms with E-state index in [1.54, 1.807) is 0 Å². The molecule has 2 aromatic carbocycles. The Bertz CT molecular complexity index is 531. The highest BCUT2D eigenvalue weighted by molar-refractivity contribution is 5.66. The monoisotopic (exact) mass is 299 g/mol. The van der Waals surface area contributed by atoms with Crippen LogP contribution in [0.2, 0.25) is 0 Å². The van der Waals surface area contributed by atoms with Gasteiger partial charge in [-0.15, -0.1) is 0 Å². The Hall–Kier alpha value is -2.29. The average Bonchev–Trinajstić information content (AvgIpc) is 2.56. The van der Waals surface area contributed by atoms with Crippen LogP contribution < -0.4 is 5.32 Å². The van der Waals surface area contributed by atoms with E-state index in [2.05, 4.69) is 60.3 Å². The number of carbonyl (C=O) groups is 1. The Morgan fingerprint density at radius 2 is 1.50 bits per heavy atom. The average molecular weight is 299 g/mol. The van der Waals surface area contributed by atoms with Crippen molar-refractivity contribution < 1.29 is 9.53 Å². The Morgan fingerprint density at radius 1 is 0.955 bits per heavy atom. The minimum atomic E-state index is -0.363. The molecular weight excluding hydrogens is 274 g/mol. The number of amides is 1. The standard InChI is InChI=1S/C11H15NO2.C8H10/c1-14-11(13)12-9-5-8-10-6-3-2-4-7-10;1-7-5-3-4-6-8(7)2/h2-4,6-7H,5,8-9H2,1H3,(H,12,13);3-6H,1-2H3. The third-order valence-corrected chi connectivity index (χ3v) is 3.37. The molecule has 0 unspecified atom stereocenters. The van der Waals surface area contributed by atoms with Crippen molar-refractivity contribution in [3.63, 3.8) is 0 Å². The highest BCUT2D eigenvalue weighted by Gasteiger charge is 1.96. The van der Waals surface area contributed by atoms with Gasteiger partial charge in [-0.3, -0.25) is 0 Å². The van der Waals surface area contributed by atoms with E-state index in [1.807, 2.05) is 18.2 Å². The van der Waals surface area contributed by atoms with Gasteiger partial charge in [-0.1, -0.05) is 54.6 Å². The maximum atomic E-state index is 10.7. The molecule has 0 aromatic heterocycles. The molecule has 118 valence electrons. The first-order valence-corrected chi connectivity index (χ1v) is 7.51. The highest BCUT2D eigenvalue weighted by Crippen LogP contribution is 2.03. The summed E-state index contributed by atoms with van der Waals surface area (Å²) in [5, 5.41) is 2.64. The second kappa shape index (κ2) is 10.4. The normalized spacial score (nSPS) is 9.41. The number of nitrogens with one attached hydrogen (secondary N) is 1. The van der Waals surface area contributed by atoms with E-state index in [9.17, 15) is 4.79 Å². The predicted molar refractivity (Wildman–Crippen MR) is 91.1 cm³/mol. The topological polar surface area (TPSA) is 38.3 Å². The van der Waals surface area contributed by atoms with Gasteiger partial charge in [0.2, 0.25) is 0 Å². The quantitative estimate of drug-likeness (QED) is 0.856. The molecule has 0 atom stereocenters. The summed E-state index contributed by atoms with van der Waals surface area (Å²) >= 11 is 0. The van der Waals surface area contributed by atoms with Crippen LogP contribution in [0.4, 0.5) is 4.79 Å². The number of methoxy groups -OCH3 is 1. The van der Waals surface area contributed by atoms with Crippen LogP contribution in [0, 0.1) is 13.8 Å². The van der Waals surface area contributed by atoms with E-state index in [1.165, 1.54) is 23.8 Å². The summed E-state index contributed by atoms with van der Waals surface area (Å²) in [6, 6.07) is 18.5.